The fourth-order valence-electron chi connectivity index (χ4n) is 2.05. The number of hydrogen-bond donors (Lipinski definition) is 0. The molecule has 0 aliphatic rings. The third-order valence-corrected chi connectivity index (χ3v) is 3.08. The minimum Gasteiger partial charge on any atom is -0.244 e. The molecule has 0 N–H and O–H groups in total. The molecule has 0 radical (unpaired) electrons. The van der Waals surface area contributed by atoms with Crippen molar-refractivity contribution >= 4 is 5.65 Å². The van der Waals surface area contributed by atoms with E-state index in [9.17, 15) is 17.6 Å². The van der Waals surface area contributed by atoms with Gasteiger partial charge in [0.15, 0.2) is 5.65 Å². The van der Waals surface area contributed by atoms with Crippen LogP contribution in [-0.4, -0.2) is 14.6 Å². The van der Waals surface area contributed by atoms with Crippen molar-refractivity contribution in [2.45, 2.75) is 12.9 Å². The predicted molar refractivity (Wildman–Crippen MR) is 68.2 cm³/mol. The van der Waals surface area contributed by atoms with Crippen LogP contribution in [0.15, 0.2) is 42.6 Å². The first kappa shape index (κ1) is 13.5. The van der Waals surface area contributed by atoms with Gasteiger partial charge in [-0.1, -0.05) is 12.1 Å². The van der Waals surface area contributed by atoms with Crippen LogP contribution in [0.1, 0.15) is 11.3 Å². The Morgan fingerprint density at radius 1 is 1.05 bits per heavy atom. The molecular weight excluding hydrogens is 286 g/mol. The van der Waals surface area contributed by atoms with Crippen molar-refractivity contribution in [2.24, 2.45) is 0 Å². The van der Waals surface area contributed by atoms with Crippen molar-refractivity contribution < 1.29 is 17.6 Å². The summed E-state index contributed by atoms with van der Waals surface area (Å²) in [6.07, 6.45) is -2.90. The van der Waals surface area contributed by atoms with Gasteiger partial charge in [-0.05, 0) is 18.2 Å². The Balaban J connectivity index is 2.07. The van der Waals surface area contributed by atoms with E-state index in [0.29, 0.717) is 22.6 Å². The largest absolute Gasteiger partial charge is 0.416 e. The second kappa shape index (κ2) is 4.83. The molecule has 7 heteroatoms. The van der Waals surface area contributed by atoms with Gasteiger partial charge in [-0.2, -0.15) is 18.3 Å². The van der Waals surface area contributed by atoms with Gasteiger partial charge < -0.3 is 0 Å². The molecule has 108 valence electrons. The molecule has 0 atom stereocenters. The van der Waals surface area contributed by atoms with E-state index in [1.165, 1.54) is 28.9 Å². The lowest BCUT2D eigenvalue weighted by Crippen LogP contribution is -2.04. The standard InChI is InChI=1S/C14H9F4N3/c15-8-11-7-12(20-13-5-6-19-21(11)13)9-1-3-10(4-2-9)14(16,17)18/h1-7H,8H2. The number of hydrogen-bond acceptors (Lipinski definition) is 2. The molecule has 3 rings (SSSR count). The van der Waals surface area contributed by atoms with E-state index in [1.54, 1.807) is 6.07 Å². The monoisotopic (exact) mass is 295 g/mol. The molecule has 0 aliphatic heterocycles. The zero-order chi connectivity index (χ0) is 15.0. The zero-order valence-electron chi connectivity index (χ0n) is 10.6. The van der Waals surface area contributed by atoms with Crippen molar-refractivity contribution in [2.75, 3.05) is 0 Å². The Kier molecular flexibility index (Phi) is 3.12. The van der Waals surface area contributed by atoms with Crippen LogP contribution < -0.4 is 0 Å². The maximum absolute atomic E-state index is 13.0. The van der Waals surface area contributed by atoms with Gasteiger partial charge in [-0.15, -0.1) is 0 Å². The molecule has 3 nitrogen and oxygen atoms in total. The Labute approximate surface area is 116 Å². The first-order chi connectivity index (χ1) is 9.99. The summed E-state index contributed by atoms with van der Waals surface area (Å²) in [5, 5.41) is 3.94. The number of benzene rings is 1. The molecule has 3 aromatic rings. The Hall–Kier alpha value is -2.44. The fraction of sp³-hybridized carbons (Fsp3) is 0.143. The highest BCUT2D eigenvalue weighted by Crippen LogP contribution is 2.30. The summed E-state index contributed by atoms with van der Waals surface area (Å²) in [6, 6.07) is 7.68. The summed E-state index contributed by atoms with van der Waals surface area (Å²) in [4.78, 5) is 4.26. The molecule has 1 aromatic carbocycles. The van der Waals surface area contributed by atoms with E-state index in [4.69, 9.17) is 0 Å². The maximum Gasteiger partial charge on any atom is 0.416 e. The van der Waals surface area contributed by atoms with Crippen LogP contribution in [0.4, 0.5) is 17.6 Å². The van der Waals surface area contributed by atoms with E-state index in [2.05, 4.69) is 10.1 Å². The van der Waals surface area contributed by atoms with Crippen LogP contribution in [0.25, 0.3) is 16.9 Å². The number of rotatable bonds is 2. The molecule has 2 aromatic heterocycles. The van der Waals surface area contributed by atoms with Crippen LogP contribution in [-0.2, 0) is 12.9 Å². The second-order valence-corrected chi connectivity index (χ2v) is 4.44. The fourth-order valence-corrected chi connectivity index (χ4v) is 2.05. The van der Waals surface area contributed by atoms with Crippen molar-refractivity contribution in [3.8, 4) is 11.3 Å². The van der Waals surface area contributed by atoms with Crippen molar-refractivity contribution in [3.05, 3.63) is 53.9 Å². The number of nitrogens with zero attached hydrogens (tertiary/aromatic N) is 3. The minimum absolute atomic E-state index is 0.292. The van der Waals surface area contributed by atoms with Crippen LogP contribution in [0.5, 0.6) is 0 Å². The maximum atomic E-state index is 13.0. The van der Waals surface area contributed by atoms with Gasteiger partial charge >= 0.3 is 6.18 Å². The van der Waals surface area contributed by atoms with E-state index < -0.39 is 18.4 Å². The van der Waals surface area contributed by atoms with Gasteiger partial charge in [0, 0.05) is 11.6 Å². The first-order valence-corrected chi connectivity index (χ1v) is 6.06. The average molecular weight is 295 g/mol. The number of alkyl halides is 4. The van der Waals surface area contributed by atoms with Gasteiger partial charge in [0.1, 0.15) is 6.67 Å². The summed E-state index contributed by atoms with van der Waals surface area (Å²) >= 11 is 0. The summed E-state index contributed by atoms with van der Waals surface area (Å²) < 4.78 is 52.0. The Morgan fingerprint density at radius 2 is 1.76 bits per heavy atom. The summed E-state index contributed by atoms with van der Waals surface area (Å²) in [7, 11) is 0. The molecule has 2 heterocycles. The number of aromatic nitrogens is 3. The van der Waals surface area contributed by atoms with Gasteiger partial charge in [0.25, 0.3) is 0 Å². The molecule has 0 saturated carbocycles. The third kappa shape index (κ3) is 2.46. The molecule has 0 fully saturated rings. The zero-order valence-corrected chi connectivity index (χ0v) is 10.6. The molecule has 0 saturated heterocycles. The summed E-state index contributed by atoms with van der Waals surface area (Å²) in [5.74, 6) is 0. The highest BCUT2D eigenvalue weighted by molar-refractivity contribution is 5.62. The summed E-state index contributed by atoms with van der Waals surface area (Å²) in [6.45, 7) is -0.742. The van der Waals surface area contributed by atoms with Crippen molar-refractivity contribution in [1.82, 2.24) is 14.6 Å². The lowest BCUT2D eigenvalue weighted by molar-refractivity contribution is -0.137. The lowest BCUT2D eigenvalue weighted by atomic mass is 10.1. The highest BCUT2D eigenvalue weighted by atomic mass is 19.4. The summed E-state index contributed by atoms with van der Waals surface area (Å²) in [5.41, 5.74) is 0.896. The lowest BCUT2D eigenvalue weighted by Gasteiger charge is -2.08. The quantitative estimate of drug-likeness (QED) is 0.671. The van der Waals surface area contributed by atoms with Crippen LogP contribution in [0.2, 0.25) is 0 Å². The van der Waals surface area contributed by atoms with Gasteiger partial charge in [0.2, 0.25) is 0 Å². The molecule has 0 amide bonds. The molecule has 0 aliphatic carbocycles. The molecule has 0 bridgehead atoms. The first-order valence-electron chi connectivity index (χ1n) is 6.06. The van der Waals surface area contributed by atoms with Crippen LogP contribution in [0.3, 0.4) is 0 Å². The second-order valence-electron chi connectivity index (χ2n) is 4.44. The molecular formula is C14H9F4N3. The van der Waals surface area contributed by atoms with Crippen molar-refractivity contribution in [1.29, 1.82) is 0 Å². The molecule has 0 spiro atoms. The van der Waals surface area contributed by atoms with Crippen LogP contribution >= 0.6 is 0 Å². The smallest absolute Gasteiger partial charge is 0.244 e. The topological polar surface area (TPSA) is 30.2 Å². The van der Waals surface area contributed by atoms with Crippen LogP contribution in [0, 0.1) is 0 Å². The van der Waals surface area contributed by atoms with E-state index in [1.807, 2.05) is 0 Å². The van der Waals surface area contributed by atoms with Gasteiger partial charge in [0.05, 0.1) is 23.1 Å². The van der Waals surface area contributed by atoms with E-state index in [0.717, 1.165) is 12.1 Å². The van der Waals surface area contributed by atoms with E-state index in [-0.39, 0.29) is 0 Å². The minimum atomic E-state index is -4.38. The SMILES string of the molecule is FCc1cc(-c2ccc(C(F)(F)F)cc2)nc2ccnn12. The average Bonchev–Trinajstić information content (AvgIpc) is 2.93. The van der Waals surface area contributed by atoms with Gasteiger partial charge in [-0.25, -0.2) is 13.9 Å². The molecule has 21 heavy (non-hydrogen) atoms. The predicted octanol–water partition coefficient (Wildman–Crippen LogP) is 3.88. The normalized spacial score (nSPS) is 12.0. The van der Waals surface area contributed by atoms with Gasteiger partial charge in [-0.3, -0.25) is 0 Å². The highest BCUT2D eigenvalue weighted by Gasteiger charge is 2.30. The Bertz CT molecular complexity index is 775. The van der Waals surface area contributed by atoms with E-state index >= 15 is 0 Å². The number of halogens is 4. The molecule has 0 unspecified atom stereocenters. The Morgan fingerprint density at radius 3 is 2.38 bits per heavy atom. The number of fused-ring (bicyclic) bond motifs is 1. The van der Waals surface area contributed by atoms with Crippen molar-refractivity contribution in [3.63, 3.8) is 0 Å². The third-order valence-electron chi connectivity index (χ3n) is 3.08.